The fraction of sp³-hybridized carbons (Fsp3) is 0.467. The number of Topliss-reactive ketones (excluding diaryl/α,β-unsaturated/α-hetero) is 1. The fourth-order valence-electron chi connectivity index (χ4n) is 1.52. The number of benzene rings is 1. The molecule has 1 aromatic rings. The number of ketones is 1. The van der Waals surface area contributed by atoms with E-state index in [9.17, 15) is 9.59 Å². The number of halogens is 1. The number of nitrogens with one attached hydrogen (secondary N) is 1. The molecule has 0 spiro atoms. The molecule has 0 aliphatic heterocycles. The molecule has 0 unspecified atom stereocenters. The first-order valence-corrected chi connectivity index (χ1v) is 6.59. The third kappa shape index (κ3) is 4.35. The van der Waals surface area contributed by atoms with E-state index < -0.39 is 5.41 Å². The lowest BCUT2D eigenvalue weighted by Crippen LogP contribution is -2.26. The summed E-state index contributed by atoms with van der Waals surface area (Å²) >= 11 is 6.00. The Balaban J connectivity index is 2.78. The first-order valence-electron chi connectivity index (χ1n) is 6.21. The summed E-state index contributed by atoms with van der Waals surface area (Å²) in [6.07, 6.45) is -0.107. The Bertz CT molecular complexity index is 516. The highest BCUT2D eigenvalue weighted by Crippen LogP contribution is 2.24. The van der Waals surface area contributed by atoms with E-state index in [2.05, 4.69) is 5.32 Å². The molecule has 0 atom stereocenters. The Labute approximate surface area is 119 Å². The van der Waals surface area contributed by atoms with E-state index in [1.165, 1.54) is 0 Å². The normalized spacial score (nSPS) is 11.3. The molecule has 4 heteroatoms. The van der Waals surface area contributed by atoms with Gasteiger partial charge in [-0.15, -0.1) is 0 Å². The predicted octanol–water partition coefficient (Wildman–Crippen LogP) is 3.90. The van der Waals surface area contributed by atoms with Crippen molar-refractivity contribution < 1.29 is 9.59 Å². The summed E-state index contributed by atoms with van der Waals surface area (Å²) in [6.45, 7) is 9.16. The van der Waals surface area contributed by atoms with E-state index in [1.807, 2.05) is 19.9 Å². The van der Waals surface area contributed by atoms with Crippen LogP contribution in [0.3, 0.4) is 0 Å². The second-order valence-electron chi connectivity index (χ2n) is 5.81. The number of anilines is 1. The van der Waals surface area contributed by atoms with Crippen LogP contribution in [-0.4, -0.2) is 11.7 Å². The molecule has 0 aliphatic rings. The van der Waals surface area contributed by atoms with Crippen molar-refractivity contribution in [2.24, 2.45) is 5.41 Å². The highest BCUT2D eigenvalue weighted by Gasteiger charge is 2.23. The molecular formula is C15H20ClNO2. The summed E-state index contributed by atoms with van der Waals surface area (Å²) in [4.78, 5) is 23.6. The lowest BCUT2D eigenvalue weighted by molar-refractivity contribution is -0.130. The predicted molar refractivity (Wildman–Crippen MR) is 78.6 cm³/mol. The summed E-state index contributed by atoms with van der Waals surface area (Å²) in [6, 6.07) is 3.62. The molecule has 3 nitrogen and oxygen atoms in total. The molecule has 0 fully saturated rings. The summed E-state index contributed by atoms with van der Waals surface area (Å²) in [7, 11) is 0. The average Bonchev–Trinajstić information content (AvgIpc) is 2.24. The molecule has 1 amide bonds. The SMILES string of the molecule is Cc1cc(NC(=O)CC(=O)C(C)(C)C)c(C)cc1Cl. The number of hydrogen-bond acceptors (Lipinski definition) is 2. The maximum atomic E-state index is 11.9. The van der Waals surface area contributed by atoms with Crippen molar-refractivity contribution in [1.82, 2.24) is 0 Å². The van der Waals surface area contributed by atoms with Crippen LogP contribution in [0.5, 0.6) is 0 Å². The minimum Gasteiger partial charge on any atom is -0.325 e. The van der Waals surface area contributed by atoms with Gasteiger partial charge in [0, 0.05) is 16.1 Å². The van der Waals surface area contributed by atoms with Crippen LogP contribution in [0, 0.1) is 19.3 Å². The van der Waals surface area contributed by atoms with Gasteiger partial charge in [-0.1, -0.05) is 32.4 Å². The van der Waals surface area contributed by atoms with Crippen molar-refractivity contribution >= 4 is 29.0 Å². The molecule has 1 N–H and O–H groups in total. The number of hydrogen-bond donors (Lipinski definition) is 1. The Morgan fingerprint density at radius 2 is 1.74 bits per heavy atom. The Morgan fingerprint density at radius 1 is 1.16 bits per heavy atom. The lowest BCUT2D eigenvalue weighted by Gasteiger charge is -2.16. The monoisotopic (exact) mass is 281 g/mol. The van der Waals surface area contributed by atoms with E-state index in [0.29, 0.717) is 10.7 Å². The molecule has 19 heavy (non-hydrogen) atoms. The number of amides is 1. The molecule has 0 saturated carbocycles. The number of carbonyl (C=O) groups excluding carboxylic acids is 2. The average molecular weight is 282 g/mol. The topological polar surface area (TPSA) is 46.2 Å². The van der Waals surface area contributed by atoms with Crippen LogP contribution in [0.25, 0.3) is 0 Å². The number of rotatable bonds is 3. The molecule has 1 aromatic carbocycles. The molecule has 104 valence electrons. The van der Waals surface area contributed by atoms with Gasteiger partial charge in [0.05, 0.1) is 6.42 Å². The summed E-state index contributed by atoms with van der Waals surface area (Å²) in [5.41, 5.74) is 1.98. The molecule has 0 bridgehead atoms. The Morgan fingerprint density at radius 3 is 2.26 bits per heavy atom. The van der Waals surface area contributed by atoms with E-state index in [1.54, 1.807) is 26.8 Å². The van der Waals surface area contributed by atoms with E-state index in [-0.39, 0.29) is 18.1 Å². The van der Waals surface area contributed by atoms with E-state index in [4.69, 9.17) is 11.6 Å². The maximum absolute atomic E-state index is 11.9. The molecule has 0 aromatic heterocycles. The van der Waals surface area contributed by atoms with Crippen LogP contribution >= 0.6 is 11.6 Å². The quantitative estimate of drug-likeness (QED) is 0.854. The minimum atomic E-state index is -0.498. The van der Waals surface area contributed by atoms with E-state index in [0.717, 1.165) is 11.1 Å². The number of carbonyl (C=O) groups is 2. The second kappa shape index (κ2) is 5.74. The van der Waals surface area contributed by atoms with Crippen LogP contribution in [0.4, 0.5) is 5.69 Å². The van der Waals surface area contributed by atoms with Crippen molar-refractivity contribution in [3.05, 3.63) is 28.3 Å². The third-order valence-corrected chi connectivity index (χ3v) is 3.34. The highest BCUT2D eigenvalue weighted by atomic mass is 35.5. The first kappa shape index (κ1) is 15.7. The van der Waals surface area contributed by atoms with Crippen LogP contribution in [0.1, 0.15) is 38.3 Å². The zero-order valence-electron chi connectivity index (χ0n) is 12.1. The van der Waals surface area contributed by atoms with Gasteiger partial charge >= 0.3 is 0 Å². The Hall–Kier alpha value is -1.35. The largest absolute Gasteiger partial charge is 0.325 e. The first-order chi connectivity index (χ1) is 8.61. The van der Waals surface area contributed by atoms with Crippen molar-refractivity contribution in [2.75, 3.05) is 5.32 Å². The second-order valence-corrected chi connectivity index (χ2v) is 6.22. The summed E-state index contributed by atoms with van der Waals surface area (Å²) in [5, 5.41) is 3.43. The van der Waals surface area contributed by atoms with Crippen molar-refractivity contribution in [2.45, 2.75) is 41.0 Å². The smallest absolute Gasteiger partial charge is 0.231 e. The van der Waals surface area contributed by atoms with E-state index >= 15 is 0 Å². The third-order valence-electron chi connectivity index (χ3n) is 2.94. The van der Waals surface area contributed by atoms with Gasteiger partial charge in [-0.05, 0) is 37.1 Å². The molecular weight excluding hydrogens is 262 g/mol. The molecule has 0 radical (unpaired) electrons. The molecule has 0 heterocycles. The van der Waals surface area contributed by atoms with Gasteiger partial charge in [0.15, 0.2) is 0 Å². The van der Waals surface area contributed by atoms with Crippen LogP contribution in [0.2, 0.25) is 5.02 Å². The molecule has 0 aliphatic carbocycles. The van der Waals surface area contributed by atoms with Gasteiger partial charge in [-0.25, -0.2) is 0 Å². The van der Waals surface area contributed by atoms with Crippen LogP contribution < -0.4 is 5.32 Å². The fourth-order valence-corrected chi connectivity index (χ4v) is 1.74. The zero-order chi connectivity index (χ0) is 14.8. The minimum absolute atomic E-state index is 0.0756. The van der Waals surface area contributed by atoms with Gasteiger partial charge in [0.1, 0.15) is 5.78 Å². The van der Waals surface area contributed by atoms with Crippen molar-refractivity contribution in [3.8, 4) is 0 Å². The lowest BCUT2D eigenvalue weighted by atomic mass is 9.89. The Kier molecular flexibility index (Phi) is 4.75. The summed E-state index contributed by atoms with van der Waals surface area (Å²) < 4.78 is 0. The number of aryl methyl sites for hydroxylation is 2. The van der Waals surface area contributed by atoms with Crippen LogP contribution in [0.15, 0.2) is 12.1 Å². The maximum Gasteiger partial charge on any atom is 0.231 e. The van der Waals surface area contributed by atoms with Crippen molar-refractivity contribution in [1.29, 1.82) is 0 Å². The molecule has 1 rings (SSSR count). The highest BCUT2D eigenvalue weighted by molar-refractivity contribution is 6.31. The van der Waals surface area contributed by atoms with Gasteiger partial charge < -0.3 is 5.32 Å². The van der Waals surface area contributed by atoms with Crippen LogP contribution in [-0.2, 0) is 9.59 Å². The van der Waals surface area contributed by atoms with Gasteiger partial charge in [-0.3, -0.25) is 9.59 Å². The van der Waals surface area contributed by atoms with Gasteiger partial charge in [-0.2, -0.15) is 0 Å². The zero-order valence-corrected chi connectivity index (χ0v) is 12.8. The van der Waals surface area contributed by atoms with Gasteiger partial charge in [0.25, 0.3) is 0 Å². The standard InChI is InChI=1S/C15H20ClNO2/c1-9-7-12(10(2)6-11(9)16)17-14(19)8-13(18)15(3,4)5/h6-7H,8H2,1-5H3,(H,17,19). The van der Waals surface area contributed by atoms with Crippen molar-refractivity contribution in [3.63, 3.8) is 0 Å². The molecule has 0 saturated heterocycles. The van der Waals surface area contributed by atoms with Gasteiger partial charge in [0.2, 0.25) is 5.91 Å². The summed E-state index contributed by atoms with van der Waals surface area (Å²) in [5.74, 6) is -0.363.